The van der Waals surface area contributed by atoms with E-state index in [4.69, 9.17) is 9.31 Å². The van der Waals surface area contributed by atoms with Gasteiger partial charge in [-0.1, -0.05) is 13.8 Å². The lowest BCUT2D eigenvalue weighted by Gasteiger charge is -2.47. The van der Waals surface area contributed by atoms with Crippen molar-refractivity contribution in [2.24, 2.45) is 5.41 Å². The van der Waals surface area contributed by atoms with Crippen molar-refractivity contribution in [2.45, 2.75) is 33.3 Å². The van der Waals surface area contributed by atoms with Crippen LogP contribution in [0.1, 0.15) is 27.7 Å². The third-order valence-corrected chi connectivity index (χ3v) is 3.42. The normalized spacial score (nSPS) is 24.1. The molecule has 1 aromatic rings. The van der Waals surface area contributed by atoms with Gasteiger partial charge in [-0.05, 0) is 13.8 Å². The van der Waals surface area contributed by atoms with E-state index in [0.717, 1.165) is 5.46 Å². The minimum Gasteiger partial charge on any atom is -0.407 e. The van der Waals surface area contributed by atoms with Crippen LogP contribution in [0.15, 0.2) is 12.4 Å². The topological polar surface area (TPSA) is 47.1 Å². The fraction of sp³-hybridized carbons (Fsp3) is 0.700. The van der Waals surface area contributed by atoms with Gasteiger partial charge in [0, 0.05) is 29.9 Å². The van der Waals surface area contributed by atoms with Crippen LogP contribution >= 0.6 is 0 Å². The van der Waals surface area contributed by atoms with Crippen LogP contribution in [-0.4, -0.2) is 29.5 Å². The zero-order valence-electron chi connectivity index (χ0n) is 9.70. The molecule has 2 rings (SSSR count). The molecule has 1 aliphatic heterocycles. The second-order valence-electron chi connectivity index (χ2n) is 5.19. The molecular formula is C10H17BN2O2. The molecule has 0 unspecified atom stereocenters. The van der Waals surface area contributed by atoms with Crippen LogP contribution in [0.3, 0.4) is 0 Å². The molecule has 1 fully saturated rings. The molecule has 0 spiro atoms. The molecule has 0 amide bonds. The zero-order chi connectivity index (χ0) is 11.1. The number of nitrogens with one attached hydrogen (secondary N) is 1. The Morgan fingerprint density at radius 1 is 1.40 bits per heavy atom. The van der Waals surface area contributed by atoms with Crippen LogP contribution in [0.2, 0.25) is 0 Å². The molecule has 0 radical (unpaired) electrons. The highest BCUT2D eigenvalue weighted by Crippen LogP contribution is 2.37. The standard InChI is InChI=1S/C10H17BN2O2/c1-9(2)7-14-11(15-10(9,3)4)8-5-12-13-6-8/h5-6H,7H2,1-4H3,(H,12,13). The Balaban J connectivity index is 2.16. The molecule has 0 saturated carbocycles. The first-order valence-electron chi connectivity index (χ1n) is 5.20. The van der Waals surface area contributed by atoms with Gasteiger partial charge in [-0.15, -0.1) is 0 Å². The maximum absolute atomic E-state index is 5.95. The van der Waals surface area contributed by atoms with E-state index in [0.29, 0.717) is 6.61 Å². The van der Waals surface area contributed by atoms with Crippen molar-refractivity contribution < 1.29 is 9.31 Å². The fourth-order valence-electron chi connectivity index (χ4n) is 1.47. The molecule has 0 atom stereocenters. The molecule has 2 heterocycles. The van der Waals surface area contributed by atoms with Crippen molar-refractivity contribution in [3.8, 4) is 0 Å². The molecule has 1 N–H and O–H groups in total. The van der Waals surface area contributed by atoms with Gasteiger partial charge in [-0.3, -0.25) is 5.10 Å². The van der Waals surface area contributed by atoms with Gasteiger partial charge in [0.25, 0.3) is 0 Å². The highest BCUT2D eigenvalue weighted by Gasteiger charge is 2.47. The molecule has 0 aliphatic carbocycles. The van der Waals surface area contributed by atoms with Gasteiger partial charge < -0.3 is 9.31 Å². The van der Waals surface area contributed by atoms with Gasteiger partial charge in [0.2, 0.25) is 0 Å². The number of aromatic amines is 1. The molecule has 82 valence electrons. The average Bonchev–Trinajstić information content (AvgIpc) is 2.62. The predicted octanol–water partition coefficient (Wildman–Crippen LogP) is 0.956. The lowest BCUT2D eigenvalue weighted by Crippen LogP contribution is -2.57. The van der Waals surface area contributed by atoms with Gasteiger partial charge in [-0.25, -0.2) is 0 Å². The average molecular weight is 208 g/mol. The molecule has 15 heavy (non-hydrogen) atoms. The molecule has 0 bridgehead atoms. The summed E-state index contributed by atoms with van der Waals surface area (Å²) in [6.45, 7) is 9.19. The van der Waals surface area contributed by atoms with E-state index < -0.39 is 0 Å². The number of nitrogens with zero attached hydrogens (tertiary/aromatic N) is 1. The summed E-state index contributed by atoms with van der Waals surface area (Å²) in [5.74, 6) is 0. The van der Waals surface area contributed by atoms with Crippen LogP contribution in [-0.2, 0) is 9.31 Å². The first-order chi connectivity index (χ1) is 6.92. The van der Waals surface area contributed by atoms with Gasteiger partial charge in [0.15, 0.2) is 0 Å². The molecule has 0 aromatic carbocycles. The van der Waals surface area contributed by atoms with E-state index in [-0.39, 0.29) is 18.1 Å². The SMILES string of the molecule is CC1(C)COB(c2cn[nH]c2)OC1(C)C. The van der Waals surface area contributed by atoms with Gasteiger partial charge >= 0.3 is 7.12 Å². The van der Waals surface area contributed by atoms with Crippen molar-refractivity contribution in [1.82, 2.24) is 10.2 Å². The second kappa shape index (κ2) is 3.35. The number of hydrogen-bond donors (Lipinski definition) is 1. The first kappa shape index (κ1) is 10.7. The van der Waals surface area contributed by atoms with E-state index in [1.165, 1.54) is 0 Å². The summed E-state index contributed by atoms with van der Waals surface area (Å²) >= 11 is 0. The Bertz CT molecular complexity index is 335. The first-order valence-corrected chi connectivity index (χ1v) is 5.20. The van der Waals surface area contributed by atoms with Crippen molar-refractivity contribution >= 4 is 12.6 Å². The van der Waals surface area contributed by atoms with Gasteiger partial charge in [-0.2, -0.15) is 5.10 Å². The molecule has 5 heteroatoms. The zero-order valence-corrected chi connectivity index (χ0v) is 9.70. The van der Waals surface area contributed by atoms with Crippen molar-refractivity contribution in [3.63, 3.8) is 0 Å². The largest absolute Gasteiger partial charge is 0.497 e. The van der Waals surface area contributed by atoms with E-state index in [9.17, 15) is 0 Å². The highest BCUT2D eigenvalue weighted by molar-refractivity contribution is 6.61. The quantitative estimate of drug-likeness (QED) is 0.699. The maximum atomic E-state index is 5.95. The van der Waals surface area contributed by atoms with Crippen LogP contribution < -0.4 is 5.46 Å². The Kier molecular flexibility index (Phi) is 2.39. The lowest BCUT2D eigenvalue weighted by molar-refractivity contribution is -0.0937. The highest BCUT2D eigenvalue weighted by atomic mass is 16.6. The van der Waals surface area contributed by atoms with Crippen LogP contribution in [0.25, 0.3) is 0 Å². The van der Waals surface area contributed by atoms with Crippen molar-refractivity contribution in [1.29, 1.82) is 0 Å². The summed E-state index contributed by atoms with van der Waals surface area (Å²) in [7, 11) is -0.299. The van der Waals surface area contributed by atoms with E-state index in [1.807, 2.05) is 0 Å². The minimum absolute atomic E-state index is 0.0211. The summed E-state index contributed by atoms with van der Waals surface area (Å²) in [5, 5.41) is 6.66. The van der Waals surface area contributed by atoms with Crippen molar-refractivity contribution in [3.05, 3.63) is 12.4 Å². The van der Waals surface area contributed by atoms with Crippen LogP contribution in [0.4, 0.5) is 0 Å². The third kappa shape index (κ3) is 1.81. The number of aromatic nitrogens is 2. The van der Waals surface area contributed by atoms with E-state index in [1.54, 1.807) is 12.4 Å². The predicted molar refractivity (Wildman–Crippen MR) is 58.9 cm³/mol. The van der Waals surface area contributed by atoms with Crippen LogP contribution in [0.5, 0.6) is 0 Å². The summed E-state index contributed by atoms with van der Waals surface area (Å²) in [6.07, 6.45) is 3.54. The maximum Gasteiger partial charge on any atom is 0.497 e. The van der Waals surface area contributed by atoms with Crippen molar-refractivity contribution in [2.75, 3.05) is 6.61 Å². The minimum atomic E-state index is -0.299. The molecule has 1 saturated heterocycles. The molecule has 1 aliphatic rings. The molecule has 1 aromatic heterocycles. The summed E-state index contributed by atoms with van der Waals surface area (Å²) in [5.41, 5.74) is 0.763. The Hall–Kier alpha value is -0.805. The third-order valence-electron chi connectivity index (χ3n) is 3.42. The monoisotopic (exact) mass is 208 g/mol. The fourth-order valence-corrected chi connectivity index (χ4v) is 1.47. The molecule has 4 nitrogen and oxygen atoms in total. The smallest absolute Gasteiger partial charge is 0.407 e. The second-order valence-corrected chi connectivity index (χ2v) is 5.19. The van der Waals surface area contributed by atoms with E-state index >= 15 is 0 Å². The van der Waals surface area contributed by atoms with Crippen LogP contribution in [0, 0.1) is 5.41 Å². The number of H-pyrrole nitrogens is 1. The number of rotatable bonds is 1. The Morgan fingerprint density at radius 3 is 2.67 bits per heavy atom. The summed E-state index contributed by atoms with van der Waals surface area (Å²) in [6, 6.07) is 0. The Morgan fingerprint density at radius 2 is 2.13 bits per heavy atom. The van der Waals surface area contributed by atoms with Gasteiger partial charge in [0.1, 0.15) is 0 Å². The lowest BCUT2D eigenvalue weighted by atomic mass is 9.70. The Labute approximate surface area is 90.5 Å². The number of hydrogen-bond acceptors (Lipinski definition) is 3. The summed E-state index contributed by atoms with van der Waals surface area (Å²) in [4.78, 5) is 0. The van der Waals surface area contributed by atoms with E-state index in [2.05, 4.69) is 37.9 Å². The summed E-state index contributed by atoms with van der Waals surface area (Å²) < 4.78 is 11.6. The molecular weight excluding hydrogens is 191 g/mol. The van der Waals surface area contributed by atoms with Gasteiger partial charge in [0.05, 0.1) is 5.60 Å².